The van der Waals surface area contributed by atoms with Crippen molar-refractivity contribution in [3.8, 4) is 11.5 Å². The molecule has 3 fully saturated rings. The second-order valence-electron chi connectivity index (χ2n) is 11.3. The highest BCUT2D eigenvalue weighted by atomic mass is 79.9. The quantitative estimate of drug-likeness (QED) is 0.190. The molecule has 2 aliphatic carbocycles. The highest BCUT2D eigenvalue weighted by Gasteiger charge is 2.76. The summed E-state index contributed by atoms with van der Waals surface area (Å²) < 4.78 is 5.89. The van der Waals surface area contributed by atoms with Gasteiger partial charge in [-0.3, -0.25) is 29.0 Å². The summed E-state index contributed by atoms with van der Waals surface area (Å²) in [6.07, 6.45) is 2.66. The van der Waals surface area contributed by atoms with Gasteiger partial charge < -0.3 is 9.84 Å². The van der Waals surface area contributed by atoms with Crippen LogP contribution in [-0.2, 0) is 25.8 Å². The van der Waals surface area contributed by atoms with Crippen molar-refractivity contribution in [2.75, 3.05) is 12.0 Å². The van der Waals surface area contributed by atoms with Crippen LogP contribution >= 0.6 is 39.1 Å². The molecule has 2 aliphatic heterocycles. The largest absolute Gasteiger partial charge is 0.508 e. The molecule has 1 N–H and O–H groups in total. The van der Waals surface area contributed by atoms with Crippen LogP contribution in [0.4, 0.5) is 0 Å². The monoisotopic (exact) mass is 674 g/mol. The van der Waals surface area contributed by atoms with Gasteiger partial charge in [0.15, 0.2) is 9.75 Å². The number of imide groups is 2. The number of carbonyl (C=O) groups excluding carboxylic acids is 4. The summed E-state index contributed by atoms with van der Waals surface area (Å²) in [5.41, 5.74) is 1.75. The van der Waals surface area contributed by atoms with Gasteiger partial charge in [0.1, 0.15) is 18.1 Å². The number of fused-ring (bicyclic) bond motifs is 4. The van der Waals surface area contributed by atoms with E-state index in [0.29, 0.717) is 24.3 Å². The van der Waals surface area contributed by atoms with Crippen molar-refractivity contribution in [3.05, 3.63) is 71.3 Å². The van der Waals surface area contributed by atoms with Gasteiger partial charge >= 0.3 is 0 Å². The molecule has 0 spiro atoms. The highest BCUT2D eigenvalue weighted by Crippen LogP contribution is 2.66. The van der Waals surface area contributed by atoms with E-state index in [4.69, 9.17) is 27.9 Å². The molecule has 220 valence electrons. The van der Waals surface area contributed by atoms with Crippen LogP contribution in [0.15, 0.2) is 60.2 Å². The minimum absolute atomic E-state index is 0.0896. The second kappa shape index (κ2) is 10.7. The number of amides is 4. The molecular weight excluding hydrogens is 647 g/mol. The SMILES string of the molecule is CCCN1C(=O)C2CC=C3C(CC4(Cl)C(=O)N(CBr)C(=O)C4(Cl)C3c3ccc(OCc4ccccc4)cc3O)C2C1=O. The van der Waals surface area contributed by atoms with E-state index < -0.39 is 45.2 Å². The van der Waals surface area contributed by atoms with Crippen LogP contribution in [0, 0.1) is 17.8 Å². The third-order valence-electron chi connectivity index (χ3n) is 9.11. The van der Waals surface area contributed by atoms with Gasteiger partial charge in [0, 0.05) is 24.1 Å². The standard InChI is InChI=1S/C31H29BrCl2N2O6/c1-2-12-35-26(38)21-11-10-19-22(24(21)27(35)39)14-30(33)28(40)36(16-32)29(41)31(30,34)25(19)20-9-8-18(13-23(20)37)42-15-17-6-4-3-5-7-17/h3-10,13,21-22,24-25,37H,2,11-12,14-16H2,1H3. The van der Waals surface area contributed by atoms with Gasteiger partial charge in [-0.25, -0.2) is 0 Å². The van der Waals surface area contributed by atoms with Gasteiger partial charge in [0.2, 0.25) is 11.8 Å². The first kappa shape index (κ1) is 29.2. The Kier molecular flexibility index (Phi) is 7.43. The Morgan fingerprint density at radius 1 is 1.00 bits per heavy atom. The Labute approximate surface area is 261 Å². The Hall–Kier alpha value is -2.88. The molecule has 4 amide bonds. The number of alkyl halides is 3. The summed E-state index contributed by atoms with van der Waals surface area (Å²) >= 11 is 17.7. The molecule has 0 radical (unpaired) electrons. The minimum atomic E-state index is -1.98. The molecule has 2 aromatic rings. The van der Waals surface area contributed by atoms with Crippen LogP contribution in [0.2, 0.25) is 0 Å². The fourth-order valence-corrected chi connectivity index (χ4v) is 8.62. The molecule has 6 atom stereocenters. The van der Waals surface area contributed by atoms with E-state index in [0.717, 1.165) is 10.5 Å². The van der Waals surface area contributed by atoms with Crippen molar-refractivity contribution < 1.29 is 29.0 Å². The van der Waals surface area contributed by atoms with Crippen molar-refractivity contribution in [2.24, 2.45) is 17.8 Å². The molecule has 1 saturated carbocycles. The molecule has 42 heavy (non-hydrogen) atoms. The van der Waals surface area contributed by atoms with E-state index in [2.05, 4.69) is 15.9 Å². The van der Waals surface area contributed by atoms with Gasteiger partial charge in [0.25, 0.3) is 11.8 Å². The first-order valence-electron chi connectivity index (χ1n) is 13.9. The van der Waals surface area contributed by atoms with E-state index in [1.807, 2.05) is 43.3 Å². The lowest BCUT2D eigenvalue weighted by molar-refractivity contribution is -0.141. The third-order valence-corrected chi connectivity index (χ3v) is 11.0. The maximum Gasteiger partial charge on any atom is 0.254 e. The number of halogens is 3. The normalized spacial score (nSPS) is 32.0. The summed E-state index contributed by atoms with van der Waals surface area (Å²) in [6.45, 7) is 2.48. The number of ether oxygens (including phenoxy) is 1. The maximum absolute atomic E-state index is 13.9. The van der Waals surface area contributed by atoms with Crippen molar-refractivity contribution >= 4 is 62.8 Å². The van der Waals surface area contributed by atoms with Gasteiger partial charge in [-0.1, -0.05) is 70.9 Å². The number of carbonyl (C=O) groups is 4. The Balaban J connectivity index is 1.45. The van der Waals surface area contributed by atoms with Crippen LogP contribution in [0.3, 0.4) is 0 Å². The maximum atomic E-state index is 13.9. The predicted octanol–water partition coefficient (Wildman–Crippen LogP) is 5.09. The topological polar surface area (TPSA) is 104 Å². The molecule has 11 heteroatoms. The predicted molar refractivity (Wildman–Crippen MR) is 159 cm³/mol. The van der Waals surface area contributed by atoms with Gasteiger partial charge in [-0.2, -0.15) is 0 Å². The molecule has 0 aromatic heterocycles. The number of hydrogen-bond acceptors (Lipinski definition) is 6. The molecule has 2 heterocycles. The Morgan fingerprint density at radius 3 is 2.40 bits per heavy atom. The second-order valence-corrected chi connectivity index (χ2v) is 13.1. The van der Waals surface area contributed by atoms with E-state index in [9.17, 15) is 24.3 Å². The summed E-state index contributed by atoms with van der Waals surface area (Å²) in [5, 5.41) is 11.4. The van der Waals surface area contributed by atoms with Crippen molar-refractivity contribution in [2.45, 2.75) is 48.5 Å². The van der Waals surface area contributed by atoms with Crippen LogP contribution in [0.25, 0.3) is 0 Å². The van der Waals surface area contributed by atoms with E-state index >= 15 is 0 Å². The van der Waals surface area contributed by atoms with Crippen LogP contribution in [0.1, 0.15) is 43.2 Å². The lowest BCUT2D eigenvalue weighted by Crippen LogP contribution is -2.60. The number of hydrogen-bond donors (Lipinski definition) is 1. The smallest absolute Gasteiger partial charge is 0.254 e. The third kappa shape index (κ3) is 4.07. The molecule has 6 rings (SSSR count). The number of aromatic hydroxyl groups is 1. The van der Waals surface area contributed by atoms with Gasteiger partial charge in [-0.15, -0.1) is 23.2 Å². The van der Waals surface area contributed by atoms with Gasteiger partial charge in [-0.05, 0) is 36.8 Å². The number of nitrogens with zero attached hydrogens (tertiary/aromatic N) is 2. The Morgan fingerprint density at radius 2 is 1.74 bits per heavy atom. The van der Waals surface area contributed by atoms with Gasteiger partial charge in [0.05, 0.1) is 17.3 Å². The molecule has 2 aromatic carbocycles. The summed E-state index contributed by atoms with van der Waals surface area (Å²) in [5.74, 6) is -4.66. The fraction of sp³-hybridized carbons (Fsp3) is 0.419. The van der Waals surface area contributed by atoms with E-state index in [-0.39, 0.29) is 48.0 Å². The average Bonchev–Trinajstić information content (AvgIpc) is 3.31. The number of benzene rings is 2. The zero-order chi connectivity index (χ0) is 30.0. The number of allylic oxidation sites excluding steroid dienone is 2. The summed E-state index contributed by atoms with van der Waals surface area (Å²) in [6, 6.07) is 14.3. The van der Waals surface area contributed by atoms with Crippen LogP contribution in [-0.4, -0.2) is 60.3 Å². The van der Waals surface area contributed by atoms with E-state index in [1.54, 1.807) is 12.1 Å². The highest BCUT2D eigenvalue weighted by molar-refractivity contribution is 9.09. The number of phenolic OH excluding ortho intramolecular Hbond substituents is 1. The van der Waals surface area contributed by atoms with Crippen LogP contribution < -0.4 is 4.74 Å². The number of phenols is 1. The van der Waals surface area contributed by atoms with E-state index in [1.165, 1.54) is 11.0 Å². The first-order chi connectivity index (χ1) is 20.1. The molecule has 4 aliphatic rings. The van der Waals surface area contributed by atoms with Crippen molar-refractivity contribution in [3.63, 3.8) is 0 Å². The average molecular weight is 676 g/mol. The number of rotatable bonds is 7. The Bertz CT molecular complexity index is 1520. The molecule has 0 bridgehead atoms. The molecule has 6 unspecified atom stereocenters. The molecular formula is C31H29BrCl2N2O6. The number of likely N-dealkylation sites (tertiary alicyclic amines) is 2. The lowest BCUT2D eigenvalue weighted by atomic mass is 9.56. The summed E-state index contributed by atoms with van der Waals surface area (Å²) in [7, 11) is 0. The lowest BCUT2D eigenvalue weighted by Gasteiger charge is -2.50. The minimum Gasteiger partial charge on any atom is -0.508 e. The molecule has 2 saturated heterocycles. The fourth-order valence-electron chi connectivity index (χ4n) is 7.21. The first-order valence-corrected chi connectivity index (χ1v) is 15.8. The van der Waals surface area contributed by atoms with Crippen LogP contribution in [0.5, 0.6) is 11.5 Å². The zero-order valence-corrected chi connectivity index (χ0v) is 25.9. The van der Waals surface area contributed by atoms with Crippen molar-refractivity contribution in [1.82, 2.24) is 9.80 Å². The zero-order valence-electron chi connectivity index (χ0n) is 22.8. The van der Waals surface area contributed by atoms with Crippen molar-refractivity contribution in [1.29, 1.82) is 0 Å². The molecule has 8 nitrogen and oxygen atoms in total. The summed E-state index contributed by atoms with van der Waals surface area (Å²) in [4.78, 5) is 52.9.